The van der Waals surface area contributed by atoms with Gasteiger partial charge in [-0.05, 0) is 44.2 Å². The second kappa shape index (κ2) is 4.69. The van der Waals surface area contributed by atoms with E-state index >= 15 is 0 Å². The fourth-order valence-electron chi connectivity index (χ4n) is 3.03. The number of benzene rings is 1. The molecule has 3 rings (SSSR count). The lowest BCUT2D eigenvalue weighted by Crippen LogP contribution is -2.65. The van der Waals surface area contributed by atoms with Crippen LogP contribution >= 0.6 is 0 Å². The molecule has 5 nitrogen and oxygen atoms in total. The standard InChI is InChI=1S/C16H18N2O3/c1-16(2)13(19)17-15(21)18(14(16)20)12-8-7-10-5-3-4-6-11(10)9-12/h3-6,12H,7-9H2,1-2H3,(H,17,19,21). The topological polar surface area (TPSA) is 66.5 Å². The van der Waals surface area contributed by atoms with Gasteiger partial charge in [-0.3, -0.25) is 19.8 Å². The lowest BCUT2D eigenvalue weighted by molar-refractivity contribution is -0.150. The molecule has 0 radical (unpaired) electrons. The zero-order valence-electron chi connectivity index (χ0n) is 12.2. The second-order valence-electron chi connectivity index (χ2n) is 6.22. The summed E-state index contributed by atoms with van der Waals surface area (Å²) in [5.74, 6) is -0.925. The van der Waals surface area contributed by atoms with Gasteiger partial charge in [0.2, 0.25) is 11.8 Å². The Hall–Kier alpha value is -2.17. The number of fused-ring (bicyclic) bond motifs is 1. The number of barbiturate groups is 1. The summed E-state index contributed by atoms with van der Waals surface area (Å²) in [6, 6.07) is 7.31. The Kier molecular flexibility index (Phi) is 3.08. The Balaban J connectivity index is 1.89. The summed E-state index contributed by atoms with van der Waals surface area (Å²) in [6.07, 6.45) is 2.23. The highest BCUT2D eigenvalue weighted by Gasteiger charge is 2.49. The molecule has 1 aliphatic heterocycles. The van der Waals surface area contributed by atoms with E-state index in [1.165, 1.54) is 16.0 Å². The zero-order valence-corrected chi connectivity index (χ0v) is 12.2. The molecule has 110 valence electrons. The van der Waals surface area contributed by atoms with Crippen LogP contribution in [0.3, 0.4) is 0 Å². The fourth-order valence-corrected chi connectivity index (χ4v) is 3.03. The van der Waals surface area contributed by atoms with Crippen molar-refractivity contribution in [1.29, 1.82) is 0 Å². The maximum absolute atomic E-state index is 12.5. The van der Waals surface area contributed by atoms with E-state index in [1.54, 1.807) is 13.8 Å². The normalized spacial score (nSPS) is 24.6. The highest BCUT2D eigenvalue weighted by atomic mass is 16.2. The Morgan fingerprint density at radius 3 is 2.52 bits per heavy atom. The van der Waals surface area contributed by atoms with Crippen LogP contribution in [0.15, 0.2) is 24.3 Å². The second-order valence-corrected chi connectivity index (χ2v) is 6.22. The quantitative estimate of drug-likeness (QED) is 0.798. The van der Waals surface area contributed by atoms with Crippen molar-refractivity contribution in [2.45, 2.75) is 39.2 Å². The van der Waals surface area contributed by atoms with Crippen molar-refractivity contribution in [1.82, 2.24) is 10.2 Å². The van der Waals surface area contributed by atoms with Gasteiger partial charge in [-0.1, -0.05) is 24.3 Å². The maximum atomic E-state index is 12.5. The van der Waals surface area contributed by atoms with Gasteiger partial charge in [-0.15, -0.1) is 0 Å². The van der Waals surface area contributed by atoms with E-state index < -0.39 is 23.3 Å². The first-order valence-electron chi connectivity index (χ1n) is 7.17. The molecule has 0 spiro atoms. The van der Waals surface area contributed by atoms with Gasteiger partial charge in [-0.25, -0.2) is 4.79 Å². The van der Waals surface area contributed by atoms with Crippen molar-refractivity contribution < 1.29 is 14.4 Å². The van der Waals surface area contributed by atoms with E-state index in [9.17, 15) is 14.4 Å². The Bertz CT molecular complexity index is 636. The average molecular weight is 286 g/mol. The molecule has 0 saturated carbocycles. The van der Waals surface area contributed by atoms with Crippen molar-refractivity contribution in [3.05, 3.63) is 35.4 Å². The van der Waals surface area contributed by atoms with Crippen molar-refractivity contribution in [2.24, 2.45) is 5.41 Å². The molecule has 1 N–H and O–H groups in total. The summed E-state index contributed by atoms with van der Waals surface area (Å²) in [5.41, 5.74) is 1.25. The number of hydrogen-bond acceptors (Lipinski definition) is 3. The molecule has 1 aliphatic carbocycles. The molecular weight excluding hydrogens is 268 g/mol. The molecule has 0 aromatic heterocycles. The van der Waals surface area contributed by atoms with Crippen LogP contribution in [0.2, 0.25) is 0 Å². The SMILES string of the molecule is CC1(C)C(=O)NC(=O)N(C2CCc3ccccc3C2)C1=O. The minimum atomic E-state index is -1.19. The summed E-state index contributed by atoms with van der Waals surface area (Å²) in [7, 11) is 0. The lowest BCUT2D eigenvalue weighted by atomic mass is 9.84. The molecule has 1 unspecified atom stereocenters. The maximum Gasteiger partial charge on any atom is 0.331 e. The summed E-state index contributed by atoms with van der Waals surface area (Å²) in [5, 5.41) is 2.30. The first-order valence-corrected chi connectivity index (χ1v) is 7.17. The van der Waals surface area contributed by atoms with Crippen LogP contribution in [0.25, 0.3) is 0 Å². The van der Waals surface area contributed by atoms with E-state index in [-0.39, 0.29) is 6.04 Å². The number of urea groups is 1. The van der Waals surface area contributed by atoms with Crippen LogP contribution in [-0.2, 0) is 22.4 Å². The third-order valence-electron chi connectivity index (χ3n) is 4.45. The summed E-state index contributed by atoms with van der Waals surface area (Å²) >= 11 is 0. The van der Waals surface area contributed by atoms with E-state index in [1.807, 2.05) is 18.2 Å². The van der Waals surface area contributed by atoms with Gasteiger partial charge in [0.1, 0.15) is 5.41 Å². The molecule has 2 aliphatic rings. The van der Waals surface area contributed by atoms with E-state index in [0.29, 0.717) is 6.42 Å². The highest BCUT2D eigenvalue weighted by Crippen LogP contribution is 2.30. The molecule has 4 amide bonds. The van der Waals surface area contributed by atoms with Gasteiger partial charge < -0.3 is 0 Å². The minimum Gasteiger partial charge on any atom is -0.277 e. The van der Waals surface area contributed by atoms with Crippen molar-refractivity contribution in [3.63, 3.8) is 0 Å². The number of aryl methyl sites for hydroxylation is 1. The van der Waals surface area contributed by atoms with Crippen molar-refractivity contribution in [3.8, 4) is 0 Å². The molecule has 1 aromatic rings. The first kappa shape index (κ1) is 13.8. The molecule has 1 saturated heterocycles. The molecule has 0 bridgehead atoms. The molecule has 1 atom stereocenters. The fraction of sp³-hybridized carbons (Fsp3) is 0.438. The van der Waals surface area contributed by atoms with Crippen molar-refractivity contribution >= 4 is 17.8 Å². The number of nitrogens with zero attached hydrogens (tertiary/aromatic N) is 1. The predicted molar refractivity (Wildman–Crippen MR) is 76.4 cm³/mol. The Morgan fingerprint density at radius 2 is 1.81 bits per heavy atom. The van der Waals surface area contributed by atoms with Crippen LogP contribution in [0.1, 0.15) is 31.4 Å². The number of nitrogens with one attached hydrogen (secondary N) is 1. The smallest absolute Gasteiger partial charge is 0.277 e. The lowest BCUT2D eigenvalue weighted by Gasteiger charge is -2.40. The average Bonchev–Trinajstić information content (AvgIpc) is 2.45. The number of amides is 4. The van der Waals surface area contributed by atoms with Crippen LogP contribution < -0.4 is 5.32 Å². The molecule has 1 fully saturated rings. The number of rotatable bonds is 1. The van der Waals surface area contributed by atoms with Gasteiger partial charge >= 0.3 is 6.03 Å². The number of hydrogen-bond donors (Lipinski definition) is 1. The Labute approximate surface area is 123 Å². The van der Waals surface area contributed by atoms with Gasteiger partial charge in [-0.2, -0.15) is 0 Å². The van der Waals surface area contributed by atoms with Crippen LogP contribution in [-0.4, -0.2) is 28.8 Å². The van der Waals surface area contributed by atoms with E-state index in [2.05, 4.69) is 11.4 Å². The summed E-state index contributed by atoms with van der Waals surface area (Å²) in [6.45, 7) is 3.11. The Morgan fingerprint density at radius 1 is 1.14 bits per heavy atom. The predicted octanol–water partition coefficient (Wildman–Crippen LogP) is 1.65. The van der Waals surface area contributed by atoms with Crippen LogP contribution in [0.4, 0.5) is 4.79 Å². The van der Waals surface area contributed by atoms with Crippen LogP contribution in [0.5, 0.6) is 0 Å². The number of carbonyl (C=O) groups is 3. The zero-order chi connectivity index (χ0) is 15.2. The largest absolute Gasteiger partial charge is 0.331 e. The van der Waals surface area contributed by atoms with E-state index in [4.69, 9.17) is 0 Å². The van der Waals surface area contributed by atoms with E-state index in [0.717, 1.165) is 12.8 Å². The monoisotopic (exact) mass is 286 g/mol. The van der Waals surface area contributed by atoms with Gasteiger partial charge in [0, 0.05) is 6.04 Å². The van der Waals surface area contributed by atoms with Gasteiger partial charge in [0.15, 0.2) is 0 Å². The molecule has 21 heavy (non-hydrogen) atoms. The minimum absolute atomic E-state index is 0.181. The summed E-state index contributed by atoms with van der Waals surface area (Å²) in [4.78, 5) is 37.6. The molecule has 5 heteroatoms. The first-order chi connectivity index (χ1) is 9.91. The van der Waals surface area contributed by atoms with Crippen molar-refractivity contribution in [2.75, 3.05) is 0 Å². The van der Waals surface area contributed by atoms with Gasteiger partial charge in [0.25, 0.3) is 0 Å². The summed E-state index contributed by atoms with van der Waals surface area (Å²) < 4.78 is 0. The number of carbonyl (C=O) groups excluding carboxylic acids is 3. The third kappa shape index (κ3) is 2.13. The van der Waals surface area contributed by atoms with Crippen LogP contribution in [0, 0.1) is 5.41 Å². The van der Waals surface area contributed by atoms with Gasteiger partial charge in [0.05, 0.1) is 0 Å². The number of imide groups is 2. The molecular formula is C16H18N2O3. The highest BCUT2D eigenvalue weighted by molar-refractivity contribution is 6.18. The molecule has 1 aromatic carbocycles. The molecule has 1 heterocycles. The third-order valence-corrected chi connectivity index (χ3v) is 4.45.